The number of nitrogens with one attached hydrogen (secondary N) is 1. The summed E-state index contributed by atoms with van der Waals surface area (Å²) in [5.74, 6) is -0.0664. The van der Waals surface area contributed by atoms with Gasteiger partial charge in [0.2, 0.25) is 0 Å². The molecule has 4 nitrogen and oxygen atoms in total. The molecule has 0 radical (unpaired) electrons. The highest BCUT2D eigenvalue weighted by atomic mass is 16.3. The van der Waals surface area contributed by atoms with Gasteiger partial charge in [-0.3, -0.25) is 4.79 Å². The van der Waals surface area contributed by atoms with Crippen molar-refractivity contribution in [1.29, 1.82) is 0 Å². The van der Waals surface area contributed by atoms with Gasteiger partial charge in [0.1, 0.15) is 0 Å². The van der Waals surface area contributed by atoms with Gasteiger partial charge in [0.15, 0.2) is 0 Å². The van der Waals surface area contributed by atoms with Crippen LogP contribution in [0.25, 0.3) is 0 Å². The van der Waals surface area contributed by atoms with Gasteiger partial charge in [-0.1, -0.05) is 6.07 Å². The smallest absolute Gasteiger partial charge is 0.251 e. The summed E-state index contributed by atoms with van der Waals surface area (Å²) in [7, 11) is 3.95. The SMILES string of the molecule is Cc1ccc(C(=O)NCC(C)(O)CCN(C)C)c2c1CCC2. The molecule has 1 aromatic rings. The number of nitrogens with zero attached hydrogens (tertiary/aromatic N) is 1. The first-order valence-electron chi connectivity index (χ1n) is 8.07. The third kappa shape index (κ3) is 4.08. The molecular formula is C18H28N2O2. The van der Waals surface area contributed by atoms with Crippen molar-refractivity contribution in [2.75, 3.05) is 27.2 Å². The van der Waals surface area contributed by atoms with Crippen LogP contribution in [0.15, 0.2) is 12.1 Å². The Kier molecular flexibility index (Phi) is 5.24. The molecule has 0 aromatic heterocycles. The van der Waals surface area contributed by atoms with Crippen LogP contribution in [0.2, 0.25) is 0 Å². The summed E-state index contributed by atoms with van der Waals surface area (Å²) in [6.07, 6.45) is 3.81. The fourth-order valence-corrected chi connectivity index (χ4v) is 3.02. The number of rotatable bonds is 6. The fraction of sp³-hybridized carbons (Fsp3) is 0.611. The van der Waals surface area contributed by atoms with Crippen molar-refractivity contribution in [3.8, 4) is 0 Å². The standard InChI is InChI=1S/C18H28N2O2/c1-13-8-9-16(15-7-5-6-14(13)15)17(21)19-12-18(2,22)10-11-20(3)4/h8-9,22H,5-7,10-12H2,1-4H3,(H,19,21). The maximum atomic E-state index is 12.5. The molecule has 0 fully saturated rings. The monoisotopic (exact) mass is 304 g/mol. The Bertz CT molecular complexity index is 550. The summed E-state index contributed by atoms with van der Waals surface area (Å²) in [5, 5.41) is 13.3. The van der Waals surface area contributed by atoms with E-state index in [9.17, 15) is 9.90 Å². The number of carbonyl (C=O) groups excluding carboxylic acids is 1. The lowest BCUT2D eigenvalue weighted by atomic mass is 9.97. The molecule has 2 N–H and O–H groups in total. The first-order valence-corrected chi connectivity index (χ1v) is 8.07. The predicted molar refractivity (Wildman–Crippen MR) is 89.3 cm³/mol. The third-order valence-corrected chi connectivity index (χ3v) is 4.49. The van der Waals surface area contributed by atoms with Crippen LogP contribution >= 0.6 is 0 Å². The molecule has 1 aliphatic carbocycles. The van der Waals surface area contributed by atoms with Gasteiger partial charge in [-0.05, 0) is 76.4 Å². The number of fused-ring (bicyclic) bond motifs is 1. The highest BCUT2D eigenvalue weighted by Crippen LogP contribution is 2.28. The van der Waals surface area contributed by atoms with E-state index in [2.05, 4.69) is 12.2 Å². The second-order valence-corrected chi connectivity index (χ2v) is 6.97. The van der Waals surface area contributed by atoms with Crippen LogP contribution in [0.1, 0.15) is 46.8 Å². The van der Waals surface area contributed by atoms with Crippen molar-refractivity contribution in [2.24, 2.45) is 0 Å². The molecule has 0 saturated carbocycles. The molecule has 122 valence electrons. The predicted octanol–water partition coefficient (Wildman–Crippen LogP) is 1.92. The van der Waals surface area contributed by atoms with Crippen LogP contribution in [0.4, 0.5) is 0 Å². The van der Waals surface area contributed by atoms with Gasteiger partial charge in [0.05, 0.1) is 5.60 Å². The largest absolute Gasteiger partial charge is 0.388 e. The van der Waals surface area contributed by atoms with Crippen LogP contribution in [0.3, 0.4) is 0 Å². The molecule has 1 aliphatic rings. The van der Waals surface area contributed by atoms with Crippen LogP contribution in [0.5, 0.6) is 0 Å². The molecular weight excluding hydrogens is 276 g/mol. The van der Waals surface area contributed by atoms with Crippen molar-refractivity contribution in [3.05, 3.63) is 34.4 Å². The number of aliphatic hydroxyl groups is 1. The second-order valence-electron chi connectivity index (χ2n) is 6.97. The van der Waals surface area contributed by atoms with Gasteiger partial charge in [-0.2, -0.15) is 0 Å². The van der Waals surface area contributed by atoms with Gasteiger partial charge in [0.25, 0.3) is 5.91 Å². The zero-order valence-electron chi connectivity index (χ0n) is 14.2. The molecule has 22 heavy (non-hydrogen) atoms. The van der Waals surface area contributed by atoms with E-state index in [0.29, 0.717) is 6.42 Å². The molecule has 1 aromatic carbocycles. The Hall–Kier alpha value is -1.39. The molecule has 0 heterocycles. The van der Waals surface area contributed by atoms with Crippen LogP contribution in [-0.2, 0) is 12.8 Å². The second kappa shape index (κ2) is 6.80. The van der Waals surface area contributed by atoms with Gasteiger partial charge in [-0.15, -0.1) is 0 Å². The third-order valence-electron chi connectivity index (χ3n) is 4.49. The zero-order valence-corrected chi connectivity index (χ0v) is 14.2. The fourth-order valence-electron chi connectivity index (χ4n) is 3.02. The van der Waals surface area contributed by atoms with E-state index in [4.69, 9.17) is 0 Å². The maximum Gasteiger partial charge on any atom is 0.251 e. The number of aryl methyl sites for hydroxylation is 1. The molecule has 2 rings (SSSR count). The normalized spacial score (nSPS) is 16.5. The highest BCUT2D eigenvalue weighted by molar-refractivity contribution is 5.96. The van der Waals surface area contributed by atoms with Crippen molar-refractivity contribution < 1.29 is 9.90 Å². The van der Waals surface area contributed by atoms with Crippen LogP contribution in [-0.4, -0.2) is 48.7 Å². The zero-order chi connectivity index (χ0) is 16.3. The number of benzene rings is 1. The topological polar surface area (TPSA) is 52.6 Å². The van der Waals surface area contributed by atoms with E-state index in [-0.39, 0.29) is 12.5 Å². The van der Waals surface area contributed by atoms with Crippen LogP contribution in [0, 0.1) is 6.92 Å². The number of hydrogen-bond donors (Lipinski definition) is 2. The average molecular weight is 304 g/mol. The summed E-state index contributed by atoms with van der Waals surface area (Å²) in [5.41, 5.74) is 3.72. The molecule has 0 bridgehead atoms. The first-order chi connectivity index (χ1) is 10.3. The minimum absolute atomic E-state index is 0.0664. The van der Waals surface area contributed by atoms with E-state index < -0.39 is 5.60 Å². The summed E-state index contributed by atoms with van der Waals surface area (Å²) in [4.78, 5) is 14.5. The van der Waals surface area contributed by atoms with E-state index in [1.165, 1.54) is 16.7 Å². The lowest BCUT2D eigenvalue weighted by Gasteiger charge is -2.25. The lowest BCUT2D eigenvalue weighted by molar-refractivity contribution is 0.0416. The summed E-state index contributed by atoms with van der Waals surface area (Å²) >= 11 is 0. The number of carbonyl (C=O) groups is 1. The van der Waals surface area contributed by atoms with Gasteiger partial charge in [0, 0.05) is 18.7 Å². The van der Waals surface area contributed by atoms with E-state index in [1.807, 2.05) is 31.1 Å². The van der Waals surface area contributed by atoms with Crippen molar-refractivity contribution in [1.82, 2.24) is 10.2 Å². The Morgan fingerprint density at radius 2 is 2.00 bits per heavy atom. The highest BCUT2D eigenvalue weighted by Gasteiger charge is 2.24. The molecule has 0 saturated heterocycles. The molecule has 4 heteroatoms. The van der Waals surface area contributed by atoms with E-state index >= 15 is 0 Å². The number of amides is 1. The summed E-state index contributed by atoms with van der Waals surface area (Å²) in [6, 6.07) is 3.95. The molecule has 1 amide bonds. The van der Waals surface area contributed by atoms with Gasteiger partial charge >= 0.3 is 0 Å². The van der Waals surface area contributed by atoms with E-state index in [0.717, 1.165) is 31.4 Å². The van der Waals surface area contributed by atoms with Gasteiger partial charge in [-0.25, -0.2) is 0 Å². The number of hydrogen-bond acceptors (Lipinski definition) is 3. The molecule has 1 unspecified atom stereocenters. The Balaban J connectivity index is 2.00. The van der Waals surface area contributed by atoms with Crippen molar-refractivity contribution >= 4 is 5.91 Å². The minimum atomic E-state index is -0.881. The van der Waals surface area contributed by atoms with Crippen LogP contribution < -0.4 is 5.32 Å². The minimum Gasteiger partial charge on any atom is -0.388 e. The summed E-state index contributed by atoms with van der Waals surface area (Å²) < 4.78 is 0. The summed E-state index contributed by atoms with van der Waals surface area (Å²) in [6.45, 7) is 4.96. The Morgan fingerprint density at radius 3 is 2.68 bits per heavy atom. The Morgan fingerprint density at radius 1 is 1.32 bits per heavy atom. The van der Waals surface area contributed by atoms with Gasteiger partial charge < -0.3 is 15.3 Å². The first kappa shape index (κ1) is 17.0. The quantitative estimate of drug-likeness (QED) is 0.844. The maximum absolute atomic E-state index is 12.5. The molecule has 0 spiro atoms. The van der Waals surface area contributed by atoms with E-state index in [1.54, 1.807) is 6.92 Å². The lowest BCUT2D eigenvalue weighted by Crippen LogP contribution is -2.42. The Labute approximate surface area is 133 Å². The molecule has 1 atom stereocenters. The molecule has 0 aliphatic heterocycles. The van der Waals surface area contributed by atoms with Crippen molar-refractivity contribution in [3.63, 3.8) is 0 Å². The van der Waals surface area contributed by atoms with Crippen molar-refractivity contribution in [2.45, 2.75) is 45.1 Å². The average Bonchev–Trinajstić information content (AvgIpc) is 2.94.